The van der Waals surface area contributed by atoms with Gasteiger partial charge in [0.15, 0.2) is 0 Å². The van der Waals surface area contributed by atoms with E-state index in [2.05, 4.69) is 16.0 Å². The number of hydrogen-bond donors (Lipinski definition) is 3. The molecule has 0 aromatic heterocycles. The van der Waals surface area contributed by atoms with Gasteiger partial charge in [-0.1, -0.05) is 6.08 Å². The SMILES string of the molecule is CC(=O)NCCNC(=O)N/C=C/C1CC1. The third-order valence-electron chi connectivity index (χ3n) is 1.99. The first-order valence-electron chi connectivity index (χ1n) is 5.14. The van der Waals surface area contributed by atoms with Crippen molar-refractivity contribution >= 4 is 11.9 Å². The van der Waals surface area contributed by atoms with Gasteiger partial charge in [0.2, 0.25) is 5.91 Å². The average molecular weight is 211 g/mol. The van der Waals surface area contributed by atoms with Gasteiger partial charge in [0.25, 0.3) is 0 Å². The molecule has 0 aliphatic heterocycles. The van der Waals surface area contributed by atoms with Crippen molar-refractivity contribution in [3.05, 3.63) is 12.3 Å². The van der Waals surface area contributed by atoms with Crippen LogP contribution in [0.2, 0.25) is 0 Å². The van der Waals surface area contributed by atoms with Crippen molar-refractivity contribution in [3.63, 3.8) is 0 Å². The summed E-state index contributed by atoms with van der Waals surface area (Å²) in [6, 6.07) is -0.239. The van der Waals surface area contributed by atoms with Gasteiger partial charge < -0.3 is 16.0 Å². The van der Waals surface area contributed by atoms with Crippen molar-refractivity contribution in [1.29, 1.82) is 0 Å². The standard InChI is InChI=1S/C10H17N3O2/c1-8(14)11-6-7-13-10(15)12-5-4-9-2-3-9/h4-5,9H,2-3,6-7H2,1H3,(H,11,14)(H2,12,13,15)/b5-4+. The van der Waals surface area contributed by atoms with Gasteiger partial charge >= 0.3 is 6.03 Å². The lowest BCUT2D eigenvalue weighted by Gasteiger charge is -2.04. The molecule has 1 aliphatic rings. The fourth-order valence-corrected chi connectivity index (χ4v) is 1.01. The topological polar surface area (TPSA) is 70.2 Å². The van der Waals surface area contributed by atoms with Gasteiger partial charge in [-0.2, -0.15) is 0 Å². The van der Waals surface area contributed by atoms with Crippen LogP contribution in [0.15, 0.2) is 12.3 Å². The van der Waals surface area contributed by atoms with Gasteiger partial charge in [-0.3, -0.25) is 4.79 Å². The summed E-state index contributed by atoms with van der Waals surface area (Å²) in [6.45, 7) is 2.33. The molecule has 1 saturated carbocycles. The summed E-state index contributed by atoms with van der Waals surface area (Å²) < 4.78 is 0. The highest BCUT2D eigenvalue weighted by molar-refractivity contribution is 5.75. The van der Waals surface area contributed by atoms with Gasteiger partial charge in [-0.25, -0.2) is 4.79 Å². The molecule has 0 bridgehead atoms. The predicted molar refractivity (Wildman–Crippen MR) is 57.1 cm³/mol. The summed E-state index contributed by atoms with van der Waals surface area (Å²) in [5.74, 6) is 0.565. The monoisotopic (exact) mass is 211 g/mol. The predicted octanol–water partition coefficient (Wildman–Crippen LogP) is 0.345. The molecule has 1 rings (SSSR count). The number of carbonyl (C=O) groups excluding carboxylic acids is 2. The lowest BCUT2D eigenvalue weighted by Crippen LogP contribution is -2.37. The van der Waals surface area contributed by atoms with Crippen LogP contribution >= 0.6 is 0 Å². The molecule has 0 unspecified atom stereocenters. The van der Waals surface area contributed by atoms with E-state index in [1.165, 1.54) is 19.8 Å². The highest BCUT2D eigenvalue weighted by Gasteiger charge is 2.16. The fraction of sp³-hybridized carbons (Fsp3) is 0.600. The third kappa shape index (κ3) is 6.54. The normalized spacial score (nSPS) is 15.0. The van der Waals surface area contributed by atoms with E-state index in [-0.39, 0.29) is 11.9 Å². The molecule has 0 atom stereocenters. The van der Waals surface area contributed by atoms with Crippen LogP contribution in [0.1, 0.15) is 19.8 Å². The van der Waals surface area contributed by atoms with Crippen LogP contribution in [0, 0.1) is 5.92 Å². The fourth-order valence-electron chi connectivity index (χ4n) is 1.01. The Morgan fingerprint density at radius 1 is 1.27 bits per heavy atom. The second-order valence-corrected chi connectivity index (χ2v) is 3.58. The summed E-state index contributed by atoms with van der Waals surface area (Å²) in [5, 5.41) is 7.80. The molecule has 84 valence electrons. The molecule has 1 aliphatic carbocycles. The zero-order chi connectivity index (χ0) is 11.1. The van der Waals surface area contributed by atoms with E-state index in [4.69, 9.17) is 0 Å². The molecule has 0 radical (unpaired) electrons. The molecule has 0 spiro atoms. The molecule has 0 saturated heterocycles. The number of carbonyl (C=O) groups is 2. The summed E-state index contributed by atoms with van der Waals surface area (Å²) in [5.41, 5.74) is 0. The molecule has 15 heavy (non-hydrogen) atoms. The number of allylic oxidation sites excluding steroid dienone is 1. The van der Waals surface area contributed by atoms with Crippen LogP contribution in [-0.4, -0.2) is 25.0 Å². The molecule has 0 aromatic carbocycles. The van der Waals surface area contributed by atoms with Crippen LogP contribution in [0.5, 0.6) is 0 Å². The van der Waals surface area contributed by atoms with E-state index in [1.807, 2.05) is 6.08 Å². The van der Waals surface area contributed by atoms with Crippen LogP contribution in [0.3, 0.4) is 0 Å². The highest BCUT2D eigenvalue weighted by atomic mass is 16.2. The first-order valence-corrected chi connectivity index (χ1v) is 5.14. The van der Waals surface area contributed by atoms with Crippen molar-refractivity contribution in [3.8, 4) is 0 Å². The van der Waals surface area contributed by atoms with Crippen molar-refractivity contribution in [1.82, 2.24) is 16.0 Å². The van der Waals surface area contributed by atoms with Crippen LogP contribution in [0.4, 0.5) is 4.79 Å². The Hall–Kier alpha value is -1.52. The zero-order valence-corrected chi connectivity index (χ0v) is 8.88. The number of rotatable bonds is 5. The van der Waals surface area contributed by atoms with Crippen LogP contribution in [-0.2, 0) is 4.79 Å². The van der Waals surface area contributed by atoms with Gasteiger partial charge in [-0.05, 0) is 18.8 Å². The van der Waals surface area contributed by atoms with Crippen LogP contribution < -0.4 is 16.0 Å². The molecule has 1 fully saturated rings. The average Bonchev–Trinajstić information content (AvgIpc) is 2.96. The highest BCUT2D eigenvalue weighted by Crippen LogP contribution is 2.29. The number of hydrogen-bond acceptors (Lipinski definition) is 2. The van der Waals surface area contributed by atoms with E-state index in [0.29, 0.717) is 19.0 Å². The smallest absolute Gasteiger partial charge is 0.318 e. The molecule has 0 heterocycles. The summed E-state index contributed by atoms with van der Waals surface area (Å²) in [6.07, 6.45) is 6.11. The summed E-state index contributed by atoms with van der Waals surface area (Å²) in [7, 11) is 0. The van der Waals surface area contributed by atoms with Crippen molar-refractivity contribution < 1.29 is 9.59 Å². The Labute approximate surface area is 89.3 Å². The Morgan fingerprint density at radius 2 is 1.93 bits per heavy atom. The lowest BCUT2D eigenvalue weighted by atomic mass is 10.4. The number of nitrogens with one attached hydrogen (secondary N) is 3. The minimum atomic E-state index is -0.239. The second-order valence-electron chi connectivity index (χ2n) is 3.58. The largest absolute Gasteiger partial charge is 0.355 e. The molecule has 3 amide bonds. The molecule has 5 nitrogen and oxygen atoms in total. The molecule has 0 aromatic rings. The van der Waals surface area contributed by atoms with Crippen LogP contribution in [0.25, 0.3) is 0 Å². The van der Waals surface area contributed by atoms with Gasteiger partial charge in [-0.15, -0.1) is 0 Å². The quantitative estimate of drug-likeness (QED) is 0.574. The Kier molecular flexibility index (Phi) is 4.66. The third-order valence-corrected chi connectivity index (χ3v) is 1.99. The zero-order valence-electron chi connectivity index (χ0n) is 8.88. The minimum Gasteiger partial charge on any atom is -0.355 e. The molecule has 5 heteroatoms. The van der Waals surface area contributed by atoms with E-state index in [0.717, 1.165) is 0 Å². The second kappa shape index (κ2) is 6.06. The Balaban J connectivity index is 1.95. The summed E-state index contributed by atoms with van der Waals surface area (Å²) >= 11 is 0. The molecule has 3 N–H and O–H groups in total. The number of urea groups is 1. The van der Waals surface area contributed by atoms with Gasteiger partial charge in [0.1, 0.15) is 0 Å². The maximum absolute atomic E-state index is 11.1. The summed E-state index contributed by atoms with van der Waals surface area (Å²) in [4.78, 5) is 21.6. The molecular weight excluding hydrogens is 194 g/mol. The first-order chi connectivity index (χ1) is 7.18. The van der Waals surface area contributed by atoms with Gasteiger partial charge in [0.05, 0.1) is 0 Å². The Morgan fingerprint density at radius 3 is 2.53 bits per heavy atom. The maximum atomic E-state index is 11.1. The lowest BCUT2D eigenvalue weighted by molar-refractivity contribution is -0.118. The minimum absolute atomic E-state index is 0.0918. The van der Waals surface area contributed by atoms with Crippen molar-refractivity contribution in [2.75, 3.05) is 13.1 Å². The van der Waals surface area contributed by atoms with E-state index in [1.54, 1.807) is 6.20 Å². The maximum Gasteiger partial charge on any atom is 0.318 e. The van der Waals surface area contributed by atoms with Crippen molar-refractivity contribution in [2.45, 2.75) is 19.8 Å². The van der Waals surface area contributed by atoms with E-state index >= 15 is 0 Å². The van der Waals surface area contributed by atoms with Crippen molar-refractivity contribution in [2.24, 2.45) is 5.92 Å². The van der Waals surface area contributed by atoms with E-state index in [9.17, 15) is 9.59 Å². The molecular formula is C10H17N3O2. The van der Waals surface area contributed by atoms with Gasteiger partial charge in [0, 0.05) is 26.2 Å². The number of amides is 3. The Bertz CT molecular complexity index is 259. The first kappa shape index (κ1) is 11.6. The van der Waals surface area contributed by atoms with E-state index < -0.39 is 0 Å².